The second kappa shape index (κ2) is 12.7. The monoisotopic (exact) mass is 563 g/mol. The molecule has 1 aliphatic carbocycles. The lowest BCUT2D eigenvalue weighted by atomic mass is 9.93. The summed E-state index contributed by atoms with van der Waals surface area (Å²) in [5.41, 5.74) is 0.558. The molecule has 0 spiro atoms. The molecule has 0 radical (unpaired) electrons. The van der Waals surface area contributed by atoms with Crippen LogP contribution in [0.1, 0.15) is 66.3 Å². The lowest BCUT2D eigenvalue weighted by Gasteiger charge is -2.35. The van der Waals surface area contributed by atoms with E-state index in [0.29, 0.717) is 38.3 Å². The van der Waals surface area contributed by atoms with Crippen LogP contribution in [0.3, 0.4) is 0 Å². The van der Waals surface area contributed by atoms with E-state index in [0.717, 1.165) is 24.8 Å². The number of anilines is 1. The molecule has 0 bridgehead atoms. The van der Waals surface area contributed by atoms with Crippen molar-refractivity contribution >= 4 is 35.9 Å². The summed E-state index contributed by atoms with van der Waals surface area (Å²) in [5, 5.41) is 7.98. The summed E-state index contributed by atoms with van der Waals surface area (Å²) in [6.45, 7) is 8.20. The van der Waals surface area contributed by atoms with E-state index in [1.165, 1.54) is 17.0 Å². The van der Waals surface area contributed by atoms with Gasteiger partial charge in [-0.2, -0.15) is 0 Å². The van der Waals surface area contributed by atoms with E-state index in [1.807, 2.05) is 39.0 Å². The van der Waals surface area contributed by atoms with Crippen molar-refractivity contribution in [3.05, 3.63) is 64.7 Å². The van der Waals surface area contributed by atoms with Crippen LogP contribution in [0, 0.1) is 11.6 Å². The summed E-state index contributed by atoms with van der Waals surface area (Å²) in [5.74, 6) is -3.26. The Kier molecular flexibility index (Phi) is 9.90. The molecule has 2 aliphatic rings. The number of piperazine rings is 1. The number of urea groups is 1. The lowest BCUT2D eigenvalue weighted by Crippen LogP contribution is -2.48. The molecule has 1 aliphatic heterocycles. The van der Waals surface area contributed by atoms with Crippen molar-refractivity contribution in [2.75, 3.05) is 31.5 Å². The van der Waals surface area contributed by atoms with Gasteiger partial charge < -0.3 is 20.9 Å². The van der Waals surface area contributed by atoms with Gasteiger partial charge >= 0.3 is 6.03 Å². The summed E-state index contributed by atoms with van der Waals surface area (Å²) in [6, 6.07) is 9.31. The van der Waals surface area contributed by atoms with Crippen LogP contribution in [-0.4, -0.2) is 65.4 Å². The molecule has 8 nitrogen and oxygen atoms in total. The van der Waals surface area contributed by atoms with E-state index in [2.05, 4.69) is 20.9 Å². The number of hydrogen-bond acceptors (Lipinski definition) is 4. The van der Waals surface area contributed by atoms with Crippen LogP contribution in [0.2, 0.25) is 0 Å². The maximum Gasteiger partial charge on any atom is 0.319 e. The van der Waals surface area contributed by atoms with Crippen molar-refractivity contribution in [3.63, 3.8) is 0 Å². The van der Waals surface area contributed by atoms with E-state index in [9.17, 15) is 23.2 Å². The summed E-state index contributed by atoms with van der Waals surface area (Å²) in [6.07, 6.45) is 2.76. The molecule has 0 unspecified atom stereocenters. The first kappa shape index (κ1) is 30.3. The van der Waals surface area contributed by atoms with Crippen LogP contribution in [0.15, 0.2) is 36.4 Å². The molecule has 2 aromatic carbocycles. The van der Waals surface area contributed by atoms with Crippen molar-refractivity contribution in [1.29, 1.82) is 0 Å². The van der Waals surface area contributed by atoms with Crippen LogP contribution in [0.5, 0.6) is 0 Å². The average molecular weight is 564 g/mol. The lowest BCUT2D eigenvalue weighted by molar-refractivity contribution is 0.0622. The van der Waals surface area contributed by atoms with Gasteiger partial charge in [-0.15, -0.1) is 12.4 Å². The van der Waals surface area contributed by atoms with Gasteiger partial charge in [0.1, 0.15) is 0 Å². The van der Waals surface area contributed by atoms with E-state index in [4.69, 9.17) is 0 Å². The minimum absolute atomic E-state index is 0. The molecule has 39 heavy (non-hydrogen) atoms. The first-order valence-electron chi connectivity index (χ1n) is 13.0. The summed E-state index contributed by atoms with van der Waals surface area (Å²) in [4.78, 5) is 41.1. The number of hydrogen-bond donors (Lipinski definition) is 3. The van der Waals surface area contributed by atoms with Crippen molar-refractivity contribution < 1.29 is 23.2 Å². The van der Waals surface area contributed by atoms with E-state index < -0.39 is 23.6 Å². The fourth-order valence-corrected chi connectivity index (χ4v) is 4.47. The van der Waals surface area contributed by atoms with Crippen molar-refractivity contribution in [1.82, 2.24) is 20.4 Å². The molecule has 2 aromatic rings. The highest BCUT2D eigenvalue weighted by Gasteiger charge is 2.27. The maximum atomic E-state index is 14.8. The fourth-order valence-electron chi connectivity index (χ4n) is 4.47. The number of carbonyl (C=O) groups is 3. The van der Waals surface area contributed by atoms with Gasteiger partial charge in [-0.25, -0.2) is 13.6 Å². The third kappa shape index (κ3) is 7.89. The molecule has 11 heteroatoms. The van der Waals surface area contributed by atoms with Crippen LogP contribution < -0.4 is 16.0 Å². The van der Waals surface area contributed by atoms with Gasteiger partial charge in [0.05, 0.1) is 11.3 Å². The quantitative estimate of drug-likeness (QED) is 0.481. The summed E-state index contributed by atoms with van der Waals surface area (Å²) >= 11 is 0. The Morgan fingerprint density at radius 3 is 2.28 bits per heavy atom. The molecular weight excluding hydrogens is 528 g/mol. The third-order valence-corrected chi connectivity index (χ3v) is 6.74. The topological polar surface area (TPSA) is 93.8 Å². The molecule has 3 N–H and O–H groups in total. The largest absolute Gasteiger partial charge is 0.347 e. The number of nitrogens with zero attached hydrogens (tertiary/aromatic N) is 2. The van der Waals surface area contributed by atoms with Crippen molar-refractivity contribution in [2.24, 2.45) is 0 Å². The van der Waals surface area contributed by atoms with Gasteiger partial charge in [-0.3, -0.25) is 14.5 Å². The molecular formula is C28H36ClF2N5O3. The smallest absolute Gasteiger partial charge is 0.319 e. The minimum atomic E-state index is -1.27. The molecule has 4 rings (SSSR count). The van der Waals surface area contributed by atoms with Gasteiger partial charge in [0.2, 0.25) is 0 Å². The Balaban J connectivity index is 0.00000420. The van der Waals surface area contributed by atoms with E-state index in [-0.39, 0.29) is 41.1 Å². The van der Waals surface area contributed by atoms with Gasteiger partial charge in [-0.05, 0) is 69.9 Å². The first-order chi connectivity index (χ1) is 18.0. The highest BCUT2D eigenvalue weighted by molar-refractivity contribution is 5.96. The van der Waals surface area contributed by atoms with E-state index in [1.54, 1.807) is 6.07 Å². The zero-order chi connectivity index (χ0) is 27.4. The van der Waals surface area contributed by atoms with Crippen molar-refractivity contribution in [3.8, 4) is 0 Å². The normalized spacial score (nSPS) is 16.1. The van der Waals surface area contributed by atoms with Gasteiger partial charge in [0.25, 0.3) is 11.8 Å². The molecule has 1 saturated carbocycles. The highest BCUT2D eigenvalue weighted by Crippen LogP contribution is 2.23. The fraction of sp³-hybridized carbons (Fsp3) is 0.464. The van der Waals surface area contributed by atoms with Crippen LogP contribution in [0.4, 0.5) is 19.3 Å². The molecule has 212 valence electrons. The van der Waals surface area contributed by atoms with E-state index >= 15 is 0 Å². The maximum absolute atomic E-state index is 14.8. The minimum Gasteiger partial charge on any atom is -0.347 e. The highest BCUT2D eigenvalue weighted by atomic mass is 35.5. The molecule has 0 aromatic heterocycles. The molecule has 2 fully saturated rings. The Bertz CT molecular complexity index is 1210. The zero-order valence-electron chi connectivity index (χ0n) is 22.5. The molecule has 0 atom stereocenters. The standard InChI is InChI=1S/C28H35F2N5O3.ClH/c1-28(2,3)33-25(36)19-7-4-6-18(16-19)17-34-12-14-35(15-13-34)26(37)21-10-11-22(24(30)23(21)29)32-27(38)31-20-8-5-9-20;/h4,6-7,10-11,16,20H,5,8-9,12-15,17H2,1-3H3,(H,33,36)(H2,31,32,38);1H. The Hall–Kier alpha value is -3.24. The number of benzene rings is 2. The summed E-state index contributed by atoms with van der Waals surface area (Å²) in [7, 11) is 0. The predicted molar refractivity (Wildman–Crippen MR) is 148 cm³/mol. The zero-order valence-corrected chi connectivity index (χ0v) is 23.3. The number of rotatable bonds is 6. The second-order valence-corrected chi connectivity index (χ2v) is 11.0. The predicted octanol–water partition coefficient (Wildman–Crippen LogP) is 4.55. The van der Waals surface area contributed by atoms with Gasteiger partial charge in [0, 0.05) is 49.9 Å². The SMILES string of the molecule is CC(C)(C)NC(=O)c1cccc(CN2CCN(C(=O)c3ccc(NC(=O)NC4CCC4)c(F)c3F)CC2)c1.Cl. The molecule has 1 saturated heterocycles. The number of amides is 4. The van der Waals surface area contributed by atoms with Crippen LogP contribution in [0.25, 0.3) is 0 Å². The third-order valence-electron chi connectivity index (χ3n) is 6.74. The number of halogens is 3. The average Bonchev–Trinajstić information content (AvgIpc) is 2.84. The Morgan fingerprint density at radius 1 is 0.974 bits per heavy atom. The number of carbonyl (C=O) groups excluding carboxylic acids is 3. The molecule has 4 amide bonds. The Labute approximate surface area is 233 Å². The molecule has 1 heterocycles. The summed E-state index contributed by atoms with van der Waals surface area (Å²) < 4.78 is 29.4. The van der Waals surface area contributed by atoms with Gasteiger partial charge in [-0.1, -0.05) is 12.1 Å². The number of nitrogens with one attached hydrogen (secondary N) is 3. The second-order valence-electron chi connectivity index (χ2n) is 11.0. The van der Waals surface area contributed by atoms with Gasteiger partial charge in [0.15, 0.2) is 11.6 Å². The first-order valence-corrected chi connectivity index (χ1v) is 13.0. The van der Waals surface area contributed by atoms with Crippen LogP contribution >= 0.6 is 12.4 Å². The Morgan fingerprint density at radius 2 is 1.67 bits per heavy atom. The van der Waals surface area contributed by atoms with Crippen molar-refractivity contribution in [2.45, 2.75) is 58.2 Å². The van der Waals surface area contributed by atoms with Crippen LogP contribution in [-0.2, 0) is 6.54 Å².